The number of halogens is 1. The van der Waals surface area contributed by atoms with Crippen LogP contribution in [-0.4, -0.2) is 36.9 Å². The second-order valence-corrected chi connectivity index (χ2v) is 6.81. The summed E-state index contributed by atoms with van der Waals surface area (Å²) in [6.07, 6.45) is 0.146. The number of aromatic nitrogens is 1. The van der Waals surface area contributed by atoms with Gasteiger partial charge in [0.05, 0.1) is 23.8 Å². The van der Waals surface area contributed by atoms with E-state index in [1.807, 2.05) is 6.92 Å². The lowest BCUT2D eigenvalue weighted by Crippen LogP contribution is -2.32. The summed E-state index contributed by atoms with van der Waals surface area (Å²) in [4.78, 5) is 24.9. The molecule has 1 heterocycles. The fourth-order valence-electron chi connectivity index (χ4n) is 2.33. The van der Waals surface area contributed by atoms with Gasteiger partial charge in [0.15, 0.2) is 23.4 Å². The van der Waals surface area contributed by atoms with Crippen molar-refractivity contribution in [3.05, 3.63) is 34.0 Å². The highest BCUT2D eigenvalue weighted by Crippen LogP contribution is 2.37. The van der Waals surface area contributed by atoms with Crippen molar-refractivity contribution < 1.29 is 28.3 Å². The highest BCUT2D eigenvalue weighted by molar-refractivity contribution is 9.10. The zero-order chi connectivity index (χ0) is 20.7. The van der Waals surface area contributed by atoms with Crippen molar-refractivity contribution in [1.82, 2.24) is 5.16 Å². The van der Waals surface area contributed by atoms with E-state index in [4.69, 9.17) is 18.7 Å². The number of anilines is 1. The quantitative estimate of drug-likeness (QED) is 0.568. The Balaban J connectivity index is 2.13. The van der Waals surface area contributed by atoms with Gasteiger partial charge in [-0.1, -0.05) is 19.0 Å². The molecule has 0 aliphatic rings. The molecule has 0 fully saturated rings. The zero-order valence-electron chi connectivity index (χ0n) is 16.2. The molecule has 152 valence electrons. The number of ether oxygens (including phenoxy) is 3. The van der Waals surface area contributed by atoms with Gasteiger partial charge in [0.25, 0.3) is 5.91 Å². The van der Waals surface area contributed by atoms with Gasteiger partial charge in [0.1, 0.15) is 5.76 Å². The Labute approximate surface area is 171 Å². The number of nitrogens with one attached hydrogen (secondary N) is 1. The van der Waals surface area contributed by atoms with Crippen molar-refractivity contribution in [3.63, 3.8) is 0 Å². The third-order valence-corrected chi connectivity index (χ3v) is 4.30. The number of carbonyl (C=O) groups excluding carboxylic acids is 2. The predicted octanol–water partition coefficient (Wildman–Crippen LogP) is 4.12. The van der Waals surface area contributed by atoms with Crippen LogP contribution in [0.25, 0.3) is 0 Å². The number of hydrogen-bond donors (Lipinski definition) is 1. The van der Waals surface area contributed by atoms with E-state index in [1.54, 1.807) is 26.0 Å². The van der Waals surface area contributed by atoms with E-state index < -0.39 is 18.0 Å². The molecule has 2 rings (SSSR count). The van der Waals surface area contributed by atoms with E-state index in [1.165, 1.54) is 13.2 Å². The lowest BCUT2D eigenvalue weighted by Gasteiger charge is -2.17. The third kappa shape index (κ3) is 5.48. The second-order valence-electron chi connectivity index (χ2n) is 5.95. The van der Waals surface area contributed by atoms with Crippen LogP contribution in [0.1, 0.15) is 42.8 Å². The summed E-state index contributed by atoms with van der Waals surface area (Å²) in [5, 5.41) is 6.26. The van der Waals surface area contributed by atoms with Gasteiger partial charge in [0, 0.05) is 6.07 Å². The van der Waals surface area contributed by atoms with Crippen LogP contribution in [0.4, 0.5) is 5.82 Å². The summed E-state index contributed by atoms with van der Waals surface area (Å²) in [5.41, 5.74) is 0.233. The summed E-state index contributed by atoms with van der Waals surface area (Å²) >= 11 is 3.39. The average Bonchev–Trinajstić information content (AvgIpc) is 3.08. The molecule has 9 heteroatoms. The van der Waals surface area contributed by atoms with Crippen LogP contribution in [0.15, 0.2) is 27.2 Å². The topological polar surface area (TPSA) is 99.9 Å². The van der Waals surface area contributed by atoms with Crippen LogP contribution in [0.3, 0.4) is 0 Å². The van der Waals surface area contributed by atoms with Crippen LogP contribution in [0.5, 0.6) is 11.5 Å². The number of carbonyl (C=O) groups is 2. The number of amides is 1. The Morgan fingerprint density at radius 3 is 2.61 bits per heavy atom. The number of nitrogens with zero attached hydrogens (tertiary/aromatic N) is 1. The minimum absolute atomic E-state index is 0.233. The summed E-state index contributed by atoms with van der Waals surface area (Å²) in [5.74, 6) is 0.580. The average molecular weight is 455 g/mol. The number of aryl methyl sites for hydroxylation is 1. The molecular weight excluding hydrogens is 432 g/mol. The van der Waals surface area contributed by atoms with Gasteiger partial charge in [-0.3, -0.25) is 4.79 Å². The van der Waals surface area contributed by atoms with E-state index in [0.29, 0.717) is 34.8 Å². The van der Waals surface area contributed by atoms with Crippen LogP contribution in [0.2, 0.25) is 0 Å². The minimum atomic E-state index is -0.981. The first-order valence-corrected chi connectivity index (χ1v) is 9.64. The van der Waals surface area contributed by atoms with Crippen molar-refractivity contribution >= 4 is 33.6 Å². The molecule has 8 nitrogen and oxygen atoms in total. The van der Waals surface area contributed by atoms with Crippen LogP contribution in [-0.2, 0) is 9.53 Å². The smallest absolute Gasteiger partial charge is 0.339 e. The number of rotatable bonds is 9. The van der Waals surface area contributed by atoms with E-state index >= 15 is 0 Å². The van der Waals surface area contributed by atoms with Crippen LogP contribution in [0, 0.1) is 6.92 Å². The molecule has 1 atom stereocenters. The van der Waals surface area contributed by atoms with Crippen LogP contribution >= 0.6 is 15.9 Å². The molecule has 0 radical (unpaired) electrons. The van der Waals surface area contributed by atoms with Gasteiger partial charge in [-0.05, 0) is 47.8 Å². The molecule has 0 aliphatic heterocycles. The predicted molar refractivity (Wildman–Crippen MR) is 106 cm³/mol. The summed E-state index contributed by atoms with van der Waals surface area (Å²) in [6.45, 7) is 5.95. The molecular formula is C19H23BrN2O6. The van der Waals surface area contributed by atoms with Gasteiger partial charge in [0.2, 0.25) is 0 Å². The van der Waals surface area contributed by atoms with E-state index in [9.17, 15) is 9.59 Å². The molecule has 1 amide bonds. The fourth-order valence-corrected chi connectivity index (χ4v) is 2.89. The van der Waals surface area contributed by atoms with Gasteiger partial charge in [-0.2, -0.15) is 0 Å². The maximum absolute atomic E-state index is 12.6. The molecule has 0 bridgehead atoms. The Kier molecular flexibility index (Phi) is 7.86. The third-order valence-electron chi connectivity index (χ3n) is 3.71. The molecule has 0 aliphatic carbocycles. The van der Waals surface area contributed by atoms with E-state index in [0.717, 1.165) is 6.42 Å². The van der Waals surface area contributed by atoms with Gasteiger partial charge < -0.3 is 24.1 Å². The number of benzene rings is 1. The van der Waals surface area contributed by atoms with Crippen molar-refractivity contribution in [2.45, 2.75) is 39.7 Å². The molecule has 1 aromatic heterocycles. The molecule has 0 saturated heterocycles. The highest BCUT2D eigenvalue weighted by Gasteiger charge is 2.24. The molecule has 28 heavy (non-hydrogen) atoms. The second kappa shape index (κ2) is 10.1. The monoisotopic (exact) mass is 454 g/mol. The molecule has 1 aromatic carbocycles. The van der Waals surface area contributed by atoms with Crippen molar-refractivity contribution in [3.8, 4) is 11.5 Å². The van der Waals surface area contributed by atoms with Crippen LogP contribution < -0.4 is 14.8 Å². The van der Waals surface area contributed by atoms with Gasteiger partial charge in [-0.15, -0.1) is 0 Å². The largest absolute Gasteiger partial charge is 0.493 e. The lowest BCUT2D eigenvalue weighted by molar-refractivity contribution is -0.124. The first-order valence-electron chi connectivity index (χ1n) is 8.85. The van der Waals surface area contributed by atoms with E-state index in [2.05, 4.69) is 26.4 Å². The first kappa shape index (κ1) is 21.7. The fraction of sp³-hybridized carbons (Fsp3) is 0.421. The minimum Gasteiger partial charge on any atom is -0.493 e. The maximum Gasteiger partial charge on any atom is 0.339 e. The van der Waals surface area contributed by atoms with Crippen molar-refractivity contribution in [2.75, 3.05) is 19.0 Å². The SMILES string of the molecule is CCCOc1c(Br)cc(C(=O)OC(CC)C(=O)Nc2cc(C)on2)cc1OC. The standard InChI is InChI=1S/C19H23BrN2O6/c1-5-7-26-17-13(20)9-12(10-15(17)25-4)19(24)27-14(6-2)18(23)21-16-8-11(3)28-22-16/h8-10,14H,5-7H2,1-4H3,(H,21,22,23). The highest BCUT2D eigenvalue weighted by atomic mass is 79.9. The molecule has 0 spiro atoms. The van der Waals surface area contributed by atoms with Gasteiger partial charge >= 0.3 is 5.97 Å². The van der Waals surface area contributed by atoms with E-state index in [-0.39, 0.29) is 11.4 Å². The molecule has 1 unspecified atom stereocenters. The normalized spacial score (nSPS) is 11.6. The lowest BCUT2D eigenvalue weighted by atomic mass is 10.2. The summed E-state index contributed by atoms with van der Waals surface area (Å²) in [7, 11) is 1.48. The first-order chi connectivity index (χ1) is 13.4. The number of methoxy groups -OCH3 is 1. The number of esters is 1. The Morgan fingerprint density at radius 2 is 2.04 bits per heavy atom. The van der Waals surface area contributed by atoms with Crippen molar-refractivity contribution in [2.24, 2.45) is 0 Å². The Morgan fingerprint density at radius 1 is 1.29 bits per heavy atom. The van der Waals surface area contributed by atoms with Crippen molar-refractivity contribution in [1.29, 1.82) is 0 Å². The maximum atomic E-state index is 12.6. The summed E-state index contributed by atoms with van der Waals surface area (Å²) < 4.78 is 21.8. The zero-order valence-corrected chi connectivity index (χ0v) is 17.8. The number of hydrogen-bond acceptors (Lipinski definition) is 7. The Hall–Kier alpha value is -2.55. The Bertz CT molecular complexity index is 836. The molecule has 0 saturated carbocycles. The summed E-state index contributed by atoms with van der Waals surface area (Å²) in [6, 6.07) is 4.66. The molecule has 1 N–H and O–H groups in total. The van der Waals surface area contributed by atoms with Gasteiger partial charge in [-0.25, -0.2) is 4.79 Å². The molecule has 2 aromatic rings.